The van der Waals surface area contributed by atoms with Crippen LogP contribution in [0.25, 0.3) is 10.9 Å². The molecule has 4 nitrogen and oxygen atoms in total. The maximum absolute atomic E-state index is 5.65. The molecule has 0 saturated carbocycles. The molecule has 0 aliphatic rings. The maximum Gasteiger partial charge on any atom is 0.129 e. The molecule has 3 aromatic rings. The summed E-state index contributed by atoms with van der Waals surface area (Å²) in [5, 5.41) is 9.10. The molecule has 21 heavy (non-hydrogen) atoms. The molecule has 4 heteroatoms. The summed E-state index contributed by atoms with van der Waals surface area (Å²) >= 11 is 0. The fourth-order valence-electron chi connectivity index (χ4n) is 2.31. The molecular weight excluding hydrogens is 262 g/mol. The number of hydrogen-bond acceptors (Lipinski definition) is 3. The Labute approximate surface area is 124 Å². The first-order valence-corrected chi connectivity index (χ1v) is 7.24. The van der Waals surface area contributed by atoms with Crippen LogP contribution in [-0.4, -0.2) is 15.3 Å². The number of rotatable bonds is 4. The normalized spacial score (nSPS) is 12.1. The Balaban J connectivity index is 1.81. The molecule has 0 radical (unpaired) electrons. The van der Waals surface area contributed by atoms with Crippen molar-refractivity contribution in [1.29, 1.82) is 0 Å². The number of benzene rings is 1. The van der Waals surface area contributed by atoms with E-state index in [1.54, 1.807) is 6.26 Å². The van der Waals surface area contributed by atoms with Crippen LogP contribution in [0, 0.1) is 0 Å². The van der Waals surface area contributed by atoms with Gasteiger partial charge in [0.15, 0.2) is 0 Å². The van der Waals surface area contributed by atoms with Crippen molar-refractivity contribution in [3.8, 4) is 0 Å². The van der Waals surface area contributed by atoms with Crippen molar-refractivity contribution in [2.75, 3.05) is 0 Å². The molecule has 3 rings (SSSR count). The fourth-order valence-corrected chi connectivity index (χ4v) is 2.31. The van der Waals surface area contributed by atoms with Crippen molar-refractivity contribution in [3.05, 3.63) is 54.1 Å². The van der Waals surface area contributed by atoms with Gasteiger partial charge in [0.25, 0.3) is 0 Å². The Kier molecular flexibility index (Phi) is 3.55. The van der Waals surface area contributed by atoms with Gasteiger partial charge in [0.1, 0.15) is 5.76 Å². The summed E-state index contributed by atoms with van der Waals surface area (Å²) in [7, 11) is 0. The molecule has 0 fully saturated rings. The molecule has 0 saturated heterocycles. The molecule has 0 bridgehead atoms. The molecule has 2 heterocycles. The first kappa shape index (κ1) is 13.9. The lowest BCUT2D eigenvalue weighted by atomic mass is 10.1. The molecule has 0 amide bonds. The molecule has 0 aliphatic carbocycles. The molecule has 0 unspecified atom stereocenters. The molecule has 0 aliphatic heterocycles. The average molecular weight is 283 g/mol. The highest BCUT2D eigenvalue weighted by Gasteiger charge is 2.13. The average Bonchev–Trinajstić information content (AvgIpc) is 3.04. The highest BCUT2D eigenvalue weighted by molar-refractivity contribution is 5.78. The van der Waals surface area contributed by atoms with Crippen LogP contribution in [0.5, 0.6) is 0 Å². The Bertz CT molecular complexity index is 734. The Hall–Kier alpha value is -2.07. The van der Waals surface area contributed by atoms with Crippen molar-refractivity contribution >= 4 is 10.9 Å². The highest BCUT2D eigenvalue weighted by Crippen LogP contribution is 2.18. The molecule has 1 aromatic carbocycles. The van der Waals surface area contributed by atoms with Crippen LogP contribution in [0.1, 0.15) is 32.1 Å². The predicted molar refractivity (Wildman–Crippen MR) is 84.1 cm³/mol. The SMILES string of the molecule is CC(C)(C)NCc1ccoc1Cn1ncc2ccccc21. The van der Waals surface area contributed by atoms with Gasteiger partial charge in [-0.25, -0.2) is 0 Å². The second kappa shape index (κ2) is 5.37. The Morgan fingerprint density at radius 2 is 2.00 bits per heavy atom. The first-order chi connectivity index (χ1) is 10.0. The summed E-state index contributed by atoms with van der Waals surface area (Å²) < 4.78 is 7.63. The minimum Gasteiger partial charge on any atom is -0.467 e. The molecule has 1 N–H and O–H groups in total. The van der Waals surface area contributed by atoms with Gasteiger partial charge in [-0.15, -0.1) is 0 Å². The van der Waals surface area contributed by atoms with Crippen LogP contribution < -0.4 is 5.32 Å². The van der Waals surface area contributed by atoms with Crippen LogP contribution in [0.3, 0.4) is 0 Å². The van der Waals surface area contributed by atoms with Gasteiger partial charge in [0, 0.05) is 23.0 Å². The standard InChI is InChI=1S/C17H21N3O/c1-17(2,3)18-10-14-8-9-21-16(14)12-20-15-7-5-4-6-13(15)11-19-20/h4-9,11,18H,10,12H2,1-3H3. The number of para-hydroxylation sites is 1. The van der Waals surface area contributed by atoms with Gasteiger partial charge in [-0.1, -0.05) is 18.2 Å². The second-order valence-electron chi connectivity index (χ2n) is 6.33. The van der Waals surface area contributed by atoms with Gasteiger partial charge < -0.3 is 9.73 Å². The number of nitrogens with one attached hydrogen (secondary N) is 1. The lowest BCUT2D eigenvalue weighted by Gasteiger charge is -2.20. The molecule has 0 atom stereocenters. The summed E-state index contributed by atoms with van der Waals surface area (Å²) in [4.78, 5) is 0. The summed E-state index contributed by atoms with van der Waals surface area (Å²) in [5.74, 6) is 0.959. The van der Waals surface area contributed by atoms with E-state index in [2.05, 4.69) is 43.3 Å². The van der Waals surface area contributed by atoms with E-state index in [9.17, 15) is 0 Å². The van der Waals surface area contributed by atoms with E-state index in [0.717, 1.165) is 23.2 Å². The lowest BCUT2D eigenvalue weighted by Crippen LogP contribution is -2.35. The molecular formula is C17H21N3O. The maximum atomic E-state index is 5.65. The third kappa shape index (κ3) is 3.16. The van der Waals surface area contributed by atoms with Gasteiger partial charge in [-0.3, -0.25) is 4.68 Å². The smallest absolute Gasteiger partial charge is 0.129 e. The Morgan fingerprint density at radius 1 is 1.19 bits per heavy atom. The first-order valence-electron chi connectivity index (χ1n) is 7.24. The summed E-state index contributed by atoms with van der Waals surface area (Å²) in [5.41, 5.74) is 2.40. The van der Waals surface area contributed by atoms with Crippen molar-refractivity contribution in [1.82, 2.24) is 15.1 Å². The van der Waals surface area contributed by atoms with Crippen LogP contribution in [0.2, 0.25) is 0 Å². The summed E-state index contributed by atoms with van der Waals surface area (Å²) in [6.45, 7) is 7.94. The lowest BCUT2D eigenvalue weighted by molar-refractivity contribution is 0.416. The fraction of sp³-hybridized carbons (Fsp3) is 0.353. The quantitative estimate of drug-likeness (QED) is 0.796. The minimum absolute atomic E-state index is 0.0902. The van der Waals surface area contributed by atoms with E-state index in [1.807, 2.05) is 29.1 Å². The summed E-state index contributed by atoms with van der Waals surface area (Å²) in [6, 6.07) is 10.2. The van der Waals surface area contributed by atoms with Crippen molar-refractivity contribution in [2.45, 2.75) is 39.4 Å². The third-order valence-corrected chi connectivity index (χ3v) is 3.49. The highest BCUT2D eigenvalue weighted by atomic mass is 16.3. The van der Waals surface area contributed by atoms with Crippen molar-refractivity contribution < 1.29 is 4.42 Å². The number of furan rings is 1. The predicted octanol–water partition coefficient (Wildman–Crippen LogP) is 3.57. The van der Waals surface area contributed by atoms with Gasteiger partial charge >= 0.3 is 0 Å². The topological polar surface area (TPSA) is 43.0 Å². The van der Waals surface area contributed by atoms with Gasteiger partial charge in [0.2, 0.25) is 0 Å². The van der Waals surface area contributed by atoms with Gasteiger partial charge in [-0.2, -0.15) is 5.10 Å². The number of nitrogens with zero attached hydrogens (tertiary/aromatic N) is 2. The van der Waals surface area contributed by atoms with Crippen molar-refractivity contribution in [3.63, 3.8) is 0 Å². The van der Waals surface area contributed by atoms with E-state index in [-0.39, 0.29) is 5.54 Å². The van der Waals surface area contributed by atoms with Crippen LogP contribution >= 0.6 is 0 Å². The van der Waals surface area contributed by atoms with Gasteiger partial charge in [-0.05, 0) is 32.9 Å². The van der Waals surface area contributed by atoms with Crippen LogP contribution in [-0.2, 0) is 13.1 Å². The summed E-state index contributed by atoms with van der Waals surface area (Å²) in [6.07, 6.45) is 3.64. The monoisotopic (exact) mass is 283 g/mol. The largest absolute Gasteiger partial charge is 0.467 e. The number of fused-ring (bicyclic) bond motifs is 1. The van der Waals surface area contributed by atoms with Gasteiger partial charge in [0.05, 0.1) is 24.5 Å². The Morgan fingerprint density at radius 3 is 2.81 bits per heavy atom. The minimum atomic E-state index is 0.0902. The third-order valence-electron chi connectivity index (χ3n) is 3.49. The van der Waals surface area contributed by atoms with E-state index in [0.29, 0.717) is 6.54 Å². The van der Waals surface area contributed by atoms with E-state index >= 15 is 0 Å². The number of hydrogen-bond donors (Lipinski definition) is 1. The van der Waals surface area contributed by atoms with Crippen LogP contribution in [0.4, 0.5) is 0 Å². The van der Waals surface area contributed by atoms with E-state index in [1.165, 1.54) is 5.56 Å². The zero-order chi connectivity index (χ0) is 14.9. The second-order valence-corrected chi connectivity index (χ2v) is 6.33. The zero-order valence-electron chi connectivity index (χ0n) is 12.8. The molecule has 2 aromatic heterocycles. The number of aromatic nitrogens is 2. The zero-order valence-corrected chi connectivity index (χ0v) is 12.8. The van der Waals surface area contributed by atoms with Crippen molar-refractivity contribution in [2.24, 2.45) is 0 Å². The molecule has 0 spiro atoms. The van der Waals surface area contributed by atoms with E-state index < -0.39 is 0 Å². The molecule has 110 valence electrons. The van der Waals surface area contributed by atoms with E-state index in [4.69, 9.17) is 4.42 Å². The van der Waals surface area contributed by atoms with Crippen LogP contribution in [0.15, 0.2) is 47.2 Å².